The second-order valence-electron chi connectivity index (χ2n) is 6.07. The fourth-order valence-electron chi connectivity index (χ4n) is 1.72. The largest absolute Gasteiger partial charge is 0.469 e. The molecule has 0 radical (unpaired) electrons. The van der Waals surface area contributed by atoms with Crippen LogP contribution < -0.4 is 5.32 Å². The first-order valence-corrected chi connectivity index (χ1v) is 7.48. The van der Waals surface area contributed by atoms with Gasteiger partial charge in [-0.15, -0.1) is 0 Å². The van der Waals surface area contributed by atoms with Crippen molar-refractivity contribution in [3.63, 3.8) is 0 Å². The Hall–Kier alpha value is -2.57. The van der Waals surface area contributed by atoms with Crippen molar-refractivity contribution in [2.24, 2.45) is 0 Å². The number of rotatable bonds is 6. The summed E-state index contributed by atoms with van der Waals surface area (Å²) in [5.41, 5.74) is 0.0515. The van der Waals surface area contributed by atoms with Gasteiger partial charge in [0.25, 0.3) is 0 Å². The minimum Gasteiger partial charge on any atom is -0.469 e. The molecule has 0 fully saturated rings. The number of hydrogen-bond acceptors (Lipinski definition) is 6. The Balaban J connectivity index is 2.64. The molecule has 1 N–H and O–H groups in total. The second kappa shape index (κ2) is 8.90. The maximum absolute atomic E-state index is 12.1. The van der Waals surface area contributed by atoms with E-state index in [0.717, 1.165) is 5.56 Å². The lowest BCUT2D eigenvalue weighted by Gasteiger charge is -2.24. The highest BCUT2D eigenvalue weighted by molar-refractivity contribution is 5.86. The maximum atomic E-state index is 12.1. The van der Waals surface area contributed by atoms with Crippen LogP contribution in [0.3, 0.4) is 0 Å². The molecule has 0 unspecified atom stereocenters. The number of hydrogen-bond donors (Lipinski definition) is 1. The summed E-state index contributed by atoms with van der Waals surface area (Å²) in [6, 6.07) is 7.90. The van der Waals surface area contributed by atoms with Crippen molar-refractivity contribution >= 4 is 18.0 Å². The van der Waals surface area contributed by atoms with Gasteiger partial charge in [-0.1, -0.05) is 30.3 Å². The van der Waals surface area contributed by atoms with Crippen molar-refractivity contribution in [2.75, 3.05) is 7.11 Å². The molecule has 1 rings (SSSR count). The number of ether oxygens (including phenoxy) is 3. The first-order chi connectivity index (χ1) is 11.2. The van der Waals surface area contributed by atoms with Crippen molar-refractivity contribution in [1.82, 2.24) is 5.32 Å². The minimum absolute atomic E-state index is 0.0476. The molecule has 1 atom stereocenters. The van der Waals surface area contributed by atoms with E-state index in [9.17, 15) is 14.4 Å². The minimum atomic E-state index is -1.18. The fraction of sp³-hybridized carbons (Fsp3) is 0.471. The number of alkyl carbamates (subject to hydrolysis) is 1. The summed E-state index contributed by atoms with van der Waals surface area (Å²) < 4.78 is 14.8. The van der Waals surface area contributed by atoms with E-state index < -0.39 is 29.7 Å². The van der Waals surface area contributed by atoms with Crippen molar-refractivity contribution in [3.8, 4) is 0 Å². The van der Waals surface area contributed by atoms with Crippen LogP contribution in [0.1, 0.15) is 32.8 Å². The van der Waals surface area contributed by atoms with Gasteiger partial charge >= 0.3 is 18.0 Å². The van der Waals surface area contributed by atoms with E-state index in [1.54, 1.807) is 32.9 Å². The Bertz CT molecular complexity index is 564. The molecule has 0 saturated carbocycles. The SMILES string of the molecule is COC(=O)C[C@@H](NC(=O)OCc1ccccc1)C(=O)OC(C)(C)C. The second-order valence-corrected chi connectivity index (χ2v) is 6.07. The zero-order chi connectivity index (χ0) is 18.2. The monoisotopic (exact) mass is 337 g/mol. The Morgan fingerprint density at radius 3 is 2.29 bits per heavy atom. The van der Waals surface area contributed by atoms with Crippen LogP contribution in [0.4, 0.5) is 4.79 Å². The van der Waals surface area contributed by atoms with Crippen LogP contribution >= 0.6 is 0 Å². The molecule has 0 aromatic heterocycles. The average Bonchev–Trinajstić information content (AvgIpc) is 2.51. The Morgan fingerprint density at radius 2 is 1.75 bits per heavy atom. The molecule has 24 heavy (non-hydrogen) atoms. The van der Waals surface area contributed by atoms with Gasteiger partial charge in [0, 0.05) is 0 Å². The molecule has 1 aromatic rings. The molecule has 0 aliphatic heterocycles. The van der Waals surface area contributed by atoms with E-state index in [1.165, 1.54) is 7.11 Å². The summed E-state index contributed by atoms with van der Waals surface area (Å²) in [4.78, 5) is 35.4. The van der Waals surface area contributed by atoms with E-state index in [-0.39, 0.29) is 13.0 Å². The lowest BCUT2D eigenvalue weighted by Crippen LogP contribution is -2.45. The topological polar surface area (TPSA) is 90.9 Å². The highest BCUT2D eigenvalue weighted by Crippen LogP contribution is 2.10. The molecule has 1 amide bonds. The van der Waals surface area contributed by atoms with Gasteiger partial charge in [-0.2, -0.15) is 0 Å². The first-order valence-electron chi connectivity index (χ1n) is 7.48. The van der Waals surface area contributed by atoms with Gasteiger partial charge in [0.15, 0.2) is 0 Å². The Labute approximate surface area is 141 Å². The van der Waals surface area contributed by atoms with Gasteiger partial charge in [0.2, 0.25) is 0 Å². The van der Waals surface area contributed by atoms with Gasteiger partial charge in [-0.25, -0.2) is 9.59 Å². The van der Waals surface area contributed by atoms with Crippen molar-refractivity contribution in [1.29, 1.82) is 0 Å². The van der Waals surface area contributed by atoms with Crippen LogP contribution in [0.25, 0.3) is 0 Å². The lowest BCUT2D eigenvalue weighted by atomic mass is 10.1. The fourth-order valence-corrected chi connectivity index (χ4v) is 1.72. The molecule has 7 heteroatoms. The third-order valence-corrected chi connectivity index (χ3v) is 2.79. The van der Waals surface area contributed by atoms with Crippen LogP contribution in [0.15, 0.2) is 30.3 Å². The highest BCUT2D eigenvalue weighted by Gasteiger charge is 2.29. The highest BCUT2D eigenvalue weighted by atomic mass is 16.6. The zero-order valence-electron chi connectivity index (χ0n) is 14.3. The van der Waals surface area contributed by atoms with E-state index in [0.29, 0.717) is 0 Å². The van der Waals surface area contributed by atoms with Gasteiger partial charge < -0.3 is 19.5 Å². The third kappa shape index (κ3) is 7.62. The molecule has 1 aromatic carbocycles. The molecule has 0 aliphatic rings. The van der Waals surface area contributed by atoms with Gasteiger partial charge in [0.05, 0.1) is 13.5 Å². The molecule has 7 nitrogen and oxygen atoms in total. The van der Waals surface area contributed by atoms with Crippen molar-refractivity contribution < 1.29 is 28.6 Å². The van der Waals surface area contributed by atoms with E-state index >= 15 is 0 Å². The molecule has 0 aliphatic carbocycles. The van der Waals surface area contributed by atoms with Crippen LogP contribution in [0, 0.1) is 0 Å². The van der Waals surface area contributed by atoms with Crippen LogP contribution in [0.2, 0.25) is 0 Å². The maximum Gasteiger partial charge on any atom is 0.408 e. The van der Waals surface area contributed by atoms with Crippen molar-refractivity contribution in [3.05, 3.63) is 35.9 Å². The van der Waals surface area contributed by atoms with Crippen LogP contribution in [-0.4, -0.2) is 36.8 Å². The molecule has 0 spiro atoms. The zero-order valence-corrected chi connectivity index (χ0v) is 14.3. The van der Waals surface area contributed by atoms with Crippen LogP contribution in [0.5, 0.6) is 0 Å². The lowest BCUT2D eigenvalue weighted by molar-refractivity contribution is -0.160. The summed E-state index contributed by atoms with van der Waals surface area (Å²) in [6.45, 7) is 5.11. The Morgan fingerprint density at radius 1 is 1.12 bits per heavy atom. The first kappa shape index (κ1) is 19.5. The summed E-state index contributed by atoms with van der Waals surface area (Å²) in [7, 11) is 1.20. The summed E-state index contributed by atoms with van der Waals surface area (Å²) >= 11 is 0. The molecule has 0 heterocycles. The van der Waals surface area contributed by atoms with E-state index in [4.69, 9.17) is 9.47 Å². The summed E-state index contributed by atoms with van der Waals surface area (Å²) in [5.74, 6) is -1.38. The molecule has 0 bridgehead atoms. The number of carbonyl (C=O) groups excluding carboxylic acids is 3. The van der Waals surface area contributed by atoms with Crippen LogP contribution in [-0.2, 0) is 30.4 Å². The predicted octanol–water partition coefficient (Wildman–Crippen LogP) is 2.19. The smallest absolute Gasteiger partial charge is 0.408 e. The molecular formula is C17H23NO6. The predicted molar refractivity (Wildman–Crippen MR) is 86.0 cm³/mol. The van der Waals surface area contributed by atoms with Gasteiger partial charge in [-0.05, 0) is 26.3 Å². The average molecular weight is 337 g/mol. The molecular weight excluding hydrogens is 314 g/mol. The normalized spacial score (nSPS) is 12.0. The van der Waals surface area contributed by atoms with Gasteiger partial charge in [0.1, 0.15) is 18.2 Å². The van der Waals surface area contributed by atoms with E-state index in [1.807, 2.05) is 18.2 Å². The number of benzene rings is 1. The molecule has 0 saturated heterocycles. The van der Waals surface area contributed by atoms with Gasteiger partial charge in [-0.3, -0.25) is 4.79 Å². The third-order valence-electron chi connectivity index (χ3n) is 2.79. The number of esters is 2. The Kier molecular flexibility index (Phi) is 7.23. The number of nitrogens with one attached hydrogen (secondary N) is 1. The number of carbonyl (C=O) groups is 3. The standard InChI is InChI=1S/C17H23NO6/c1-17(2,3)24-15(20)13(10-14(19)22-4)18-16(21)23-11-12-8-6-5-7-9-12/h5-9,13H,10-11H2,1-4H3,(H,18,21)/t13-/m1/s1. The summed E-state index contributed by atoms with van der Waals surface area (Å²) in [6.07, 6.45) is -1.16. The van der Waals surface area contributed by atoms with E-state index in [2.05, 4.69) is 10.1 Å². The van der Waals surface area contributed by atoms with Crippen molar-refractivity contribution in [2.45, 2.75) is 45.4 Å². The molecule has 132 valence electrons. The number of amides is 1. The quantitative estimate of drug-likeness (QED) is 0.632. The summed E-state index contributed by atoms with van der Waals surface area (Å²) in [5, 5.41) is 2.34. The number of methoxy groups -OCH3 is 1.